The van der Waals surface area contributed by atoms with Crippen molar-refractivity contribution in [1.82, 2.24) is 0 Å². The van der Waals surface area contributed by atoms with Crippen molar-refractivity contribution in [2.24, 2.45) is 5.73 Å². The Morgan fingerprint density at radius 3 is 2.36 bits per heavy atom. The molecule has 4 N–H and O–H groups in total. The zero-order valence-electron chi connectivity index (χ0n) is 7.80. The molecule has 0 unspecified atom stereocenters. The van der Waals surface area contributed by atoms with E-state index in [0.29, 0.717) is 0 Å². The molecule has 0 saturated carbocycles. The molecule has 78 valence electrons. The van der Waals surface area contributed by atoms with E-state index in [0.717, 1.165) is 0 Å². The Labute approximate surface area is 81.5 Å². The van der Waals surface area contributed by atoms with E-state index in [1.165, 1.54) is 12.2 Å². The number of hydrogen-bond donors (Lipinski definition) is 3. The Morgan fingerprint density at radius 2 is 2.00 bits per heavy atom. The van der Waals surface area contributed by atoms with Crippen LogP contribution in [-0.2, 0) is 9.59 Å². The van der Waals surface area contributed by atoms with Gasteiger partial charge in [-0.1, -0.05) is 18.2 Å². The highest BCUT2D eigenvalue weighted by Crippen LogP contribution is 2.05. The normalized spacial score (nSPS) is 14.3. The maximum Gasteiger partial charge on any atom is 0.331 e. The Kier molecular flexibility index (Phi) is 5.24. The number of aliphatic carboxylic acids is 2. The standard InChI is InChI=1S/C9H13NO4/c1-2-3-4-6(8(11)12)5-7(10)9(13)14/h2-4,7H,5,10H2,1H3,(H,11,12)(H,13,14)/b3-2+,6-4-/t7-/m0/s1. The Hall–Kier alpha value is -1.62. The van der Waals surface area contributed by atoms with Crippen molar-refractivity contribution in [3.8, 4) is 0 Å². The number of rotatable bonds is 5. The number of carboxylic acid groups (broad SMARTS) is 2. The lowest BCUT2D eigenvalue weighted by atomic mass is 10.1. The van der Waals surface area contributed by atoms with E-state index in [2.05, 4.69) is 0 Å². The minimum absolute atomic E-state index is 0.0157. The molecule has 0 aliphatic heterocycles. The van der Waals surface area contributed by atoms with Crippen molar-refractivity contribution in [2.45, 2.75) is 19.4 Å². The van der Waals surface area contributed by atoms with Gasteiger partial charge in [0.15, 0.2) is 0 Å². The van der Waals surface area contributed by atoms with Crippen molar-refractivity contribution < 1.29 is 19.8 Å². The minimum atomic E-state index is -1.21. The number of hydrogen-bond acceptors (Lipinski definition) is 3. The third-order valence-electron chi connectivity index (χ3n) is 1.52. The van der Waals surface area contributed by atoms with E-state index in [9.17, 15) is 9.59 Å². The van der Waals surface area contributed by atoms with Gasteiger partial charge in [0.25, 0.3) is 0 Å². The van der Waals surface area contributed by atoms with Crippen LogP contribution >= 0.6 is 0 Å². The molecule has 0 bridgehead atoms. The summed E-state index contributed by atoms with van der Waals surface area (Å²) in [6.45, 7) is 1.73. The monoisotopic (exact) mass is 199 g/mol. The molecule has 0 spiro atoms. The molecule has 0 radical (unpaired) electrons. The molecule has 0 amide bonds. The molecule has 1 atom stereocenters. The van der Waals surface area contributed by atoms with Crippen molar-refractivity contribution in [3.63, 3.8) is 0 Å². The number of nitrogens with two attached hydrogens (primary N) is 1. The van der Waals surface area contributed by atoms with Crippen LogP contribution in [0.3, 0.4) is 0 Å². The van der Waals surface area contributed by atoms with Crippen LogP contribution in [-0.4, -0.2) is 28.2 Å². The van der Waals surface area contributed by atoms with Crippen LogP contribution in [0.15, 0.2) is 23.8 Å². The van der Waals surface area contributed by atoms with Gasteiger partial charge >= 0.3 is 11.9 Å². The first-order chi connectivity index (χ1) is 6.49. The van der Waals surface area contributed by atoms with Gasteiger partial charge < -0.3 is 15.9 Å². The maximum absolute atomic E-state index is 10.6. The van der Waals surface area contributed by atoms with Gasteiger partial charge in [-0.3, -0.25) is 4.79 Å². The van der Waals surface area contributed by atoms with Crippen molar-refractivity contribution in [3.05, 3.63) is 23.8 Å². The van der Waals surface area contributed by atoms with Gasteiger partial charge in [-0.25, -0.2) is 4.79 Å². The SMILES string of the molecule is C/C=C/C=C(/C[C@H](N)C(=O)O)C(=O)O. The van der Waals surface area contributed by atoms with Crippen molar-refractivity contribution >= 4 is 11.9 Å². The molecule has 0 aromatic rings. The molecule has 5 heteroatoms. The number of carbonyl (C=O) groups is 2. The smallest absolute Gasteiger partial charge is 0.331 e. The van der Waals surface area contributed by atoms with Gasteiger partial charge in [0.05, 0.1) is 0 Å². The Morgan fingerprint density at radius 1 is 1.43 bits per heavy atom. The molecule has 14 heavy (non-hydrogen) atoms. The zero-order chi connectivity index (χ0) is 11.1. The highest BCUT2D eigenvalue weighted by atomic mass is 16.4. The summed E-state index contributed by atoms with van der Waals surface area (Å²) in [5, 5.41) is 17.2. The molecule has 5 nitrogen and oxygen atoms in total. The molecule has 0 rings (SSSR count). The Balaban J connectivity index is 4.54. The summed E-state index contributed by atoms with van der Waals surface area (Å²) < 4.78 is 0. The van der Waals surface area contributed by atoms with Gasteiger partial charge in [0, 0.05) is 12.0 Å². The van der Waals surface area contributed by atoms with Gasteiger partial charge in [-0.05, 0) is 6.92 Å². The van der Waals surface area contributed by atoms with Gasteiger partial charge in [0.1, 0.15) is 6.04 Å². The fourth-order valence-corrected chi connectivity index (χ4v) is 0.763. The molecular weight excluding hydrogens is 186 g/mol. The summed E-state index contributed by atoms with van der Waals surface area (Å²) in [5.74, 6) is -2.36. The summed E-state index contributed by atoms with van der Waals surface area (Å²) in [4.78, 5) is 21.0. The Bertz CT molecular complexity index is 281. The molecule has 0 aliphatic rings. The van der Waals surface area contributed by atoms with Crippen LogP contribution in [0.25, 0.3) is 0 Å². The topological polar surface area (TPSA) is 101 Å². The summed E-state index contributed by atoms with van der Waals surface area (Å²) in [6, 6.07) is -1.18. The predicted molar refractivity (Wildman–Crippen MR) is 50.8 cm³/mol. The average Bonchev–Trinajstić information content (AvgIpc) is 2.10. The second kappa shape index (κ2) is 5.93. The van der Waals surface area contributed by atoms with E-state index in [-0.39, 0.29) is 12.0 Å². The lowest BCUT2D eigenvalue weighted by molar-refractivity contribution is -0.138. The predicted octanol–water partition coefficient (Wildman–Crippen LogP) is 0.375. The van der Waals surface area contributed by atoms with Crippen LogP contribution in [0.2, 0.25) is 0 Å². The van der Waals surface area contributed by atoms with Crippen molar-refractivity contribution in [1.29, 1.82) is 0 Å². The molecule has 0 aliphatic carbocycles. The summed E-state index contributed by atoms with van der Waals surface area (Å²) >= 11 is 0. The largest absolute Gasteiger partial charge is 0.480 e. The fourth-order valence-electron chi connectivity index (χ4n) is 0.763. The summed E-state index contributed by atoms with van der Waals surface area (Å²) in [6.07, 6.45) is 4.33. The van der Waals surface area contributed by atoms with E-state index < -0.39 is 18.0 Å². The lowest BCUT2D eigenvalue weighted by Gasteiger charge is -2.05. The third kappa shape index (κ3) is 4.42. The first kappa shape index (κ1) is 12.4. The summed E-state index contributed by atoms with van der Waals surface area (Å²) in [7, 11) is 0. The van der Waals surface area contributed by atoms with Gasteiger partial charge in [-0.15, -0.1) is 0 Å². The molecule has 0 aromatic carbocycles. The molecule has 0 aromatic heterocycles. The number of allylic oxidation sites excluding steroid dienone is 3. The fraction of sp³-hybridized carbons (Fsp3) is 0.333. The highest BCUT2D eigenvalue weighted by Gasteiger charge is 2.17. The molecular formula is C9H13NO4. The van der Waals surface area contributed by atoms with Crippen LogP contribution in [0, 0.1) is 0 Å². The van der Waals surface area contributed by atoms with Gasteiger partial charge in [0.2, 0.25) is 0 Å². The lowest BCUT2D eigenvalue weighted by Crippen LogP contribution is -2.31. The maximum atomic E-state index is 10.6. The van der Waals surface area contributed by atoms with E-state index in [1.54, 1.807) is 13.0 Å². The van der Waals surface area contributed by atoms with E-state index in [4.69, 9.17) is 15.9 Å². The van der Waals surface area contributed by atoms with Crippen molar-refractivity contribution in [2.75, 3.05) is 0 Å². The minimum Gasteiger partial charge on any atom is -0.480 e. The third-order valence-corrected chi connectivity index (χ3v) is 1.52. The first-order valence-corrected chi connectivity index (χ1v) is 4.02. The number of carboxylic acids is 2. The van der Waals surface area contributed by atoms with Gasteiger partial charge in [-0.2, -0.15) is 0 Å². The first-order valence-electron chi connectivity index (χ1n) is 4.02. The zero-order valence-corrected chi connectivity index (χ0v) is 7.80. The van der Waals surface area contributed by atoms with Crippen LogP contribution in [0.4, 0.5) is 0 Å². The van der Waals surface area contributed by atoms with E-state index >= 15 is 0 Å². The van der Waals surface area contributed by atoms with Crippen LogP contribution in [0.5, 0.6) is 0 Å². The average molecular weight is 199 g/mol. The van der Waals surface area contributed by atoms with E-state index in [1.807, 2.05) is 0 Å². The highest BCUT2D eigenvalue weighted by molar-refractivity contribution is 5.88. The second-order valence-electron chi connectivity index (χ2n) is 2.67. The summed E-state index contributed by atoms with van der Waals surface area (Å²) in [5.41, 5.74) is 5.18. The molecule has 0 fully saturated rings. The van der Waals surface area contributed by atoms with Crippen LogP contribution < -0.4 is 5.73 Å². The molecule has 0 saturated heterocycles. The molecule has 0 heterocycles. The van der Waals surface area contributed by atoms with Crippen LogP contribution in [0.1, 0.15) is 13.3 Å². The second-order valence-corrected chi connectivity index (χ2v) is 2.67. The quantitative estimate of drug-likeness (QED) is 0.439.